The molecule has 4 aromatic rings. The molecule has 2 aromatic carbocycles. The number of aromatic amines is 2. The van der Waals surface area contributed by atoms with Crippen molar-refractivity contribution in [2.75, 3.05) is 0 Å². The van der Waals surface area contributed by atoms with E-state index in [4.69, 9.17) is 0 Å². The van der Waals surface area contributed by atoms with Gasteiger partial charge in [-0.1, -0.05) is 36.4 Å². The largest absolute Gasteiger partial charge is 0.364 e. The number of hydrogen-bond donors (Lipinski definition) is 2. The molecule has 0 aliphatic heterocycles. The van der Waals surface area contributed by atoms with Gasteiger partial charge in [-0.15, -0.1) is 0 Å². The van der Waals surface area contributed by atoms with E-state index in [0.29, 0.717) is 0 Å². The van der Waals surface area contributed by atoms with Crippen LogP contribution >= 0.6 is 0 Å². The first-order valence-corrected chi connectivity index (χ1v) is 7.68. The van der Waals surface area contributed by atoms with Crippen molar-refractivity contribution in [2.24, 2.45) is 0 Å². The van der Waals surface area contributed by atoms with Crippen LogP contribution in [0.4, 0.5) is 0 Å². The first-order chi connectivity index (χ1) is 11.3. The van der Waals surface area contributed by atoms with Gasteiger partial charge in [-0.2, -0.15) is 0 Å². The van der Waals surface area contributed by atoms with E-state index >= 15 is 0 Å². The second-order valence-corrected chi connectivity index (χ2v) is 5.96. The van der Waals surface area contributed by atoms with E-state index in [-0.39, 0.29) is 5.78 Å². The Balaban J connectivity index is 1.99. The zero-order valence-electron chi connectivity index (χ0n) is 12.3. The molecule has 0 bridgehead atoms. The van der Waals surface area contributed by atoms with Gasteiger partial charge in [-0.05, 0) is 40.6 Å². The first-order valence-electron chi connectivity index (χ1n) is 7.68. The Kier molecular flexibility index (Phi) is 2.29. The van der Waals surface area contributed by atoms with Crippen LogP contribution in [0.15, 0.2) is 73.1 Å². The van der Waals surface area contributed by atoms with Gasteiger partial charge in [0.25, 0.3) is 0 Å². The van der Waals surface area contributed by atoms with E-state index in [9.17, 15) is 4.79 Å². The summed E-state index contributed by atoms with van der Waals surface area (Å²) in [6.07, 6.45) is 3.74. The molecule has 0 atom stereocenters. The van der Waals surface area contributed by atoms with E-state index in [1.807, 2.05) is 54.9 Å². The van der Waals surface area contributed by atoms with E-state index in [1.165, 1.54) is 0 Å². The molecule has 2 heterocycles. The number of aromatic nitrogens is 2. The van der Waals surface area contributed by atoms with Crippen molar-refractivity contribution in [3.63, 3.8) is 0 Å². The van der Waals surface area contributed by atoms with Crippen LogP contribution in [0.3, 0.4) is 0 Å². The van der Waals surface area contributed by atoms with Gasteiger partial charge in [-0.3, -0.25) is 4.79 Å². The highest BCUT2D eigenvalue weighted by molar-refractivity contribution is 6.23. The smallest absolute Gasteiger partial charge is 0.185 e. The lowest BCUT2D eigenvalue weighted by Gasteiger charge is -2.27. The maximum absolute atomic E-state index is 13.6. The van der Waals surface area contributed by atoms with Gasteiger partial charge in [0.1, 0.15) is 5.41 Å². The normalized spacial score (nSPS) is 15.4. The molecule has 0 saturated carbocycles. The maximum Gasteiger partial charge on any atom is 0.185 e. The highest BCUT2D eigenvalue weighted by Gasteiger charge is 2.51. The summed E-state index contributed by atoms with van der Waals surface area (Å²) in [7, 11) is 0. The average molecular weight is 298 g/mol. The van der Waals surface area contributed by atoms with Crippen LogP contribution in [0, 0.1) is 0 Å². The molecular formula is C20H14N2O. The molecule has 0 saturated heterocycles. The van der Waals surface area contributed by atoms with Crippen LogP contribution in [-0.4, -0.2) is 15.8 Å². The Labute approximate surface area is 133 Å². The van der Waals surface area contributed by atoms with Crippen molar-refractivity contribution < 1.29 is 4.79 Å². The van der Waals surface area contributed by atoms with E-state index < -0.39 is 5.41 Å². The zero-order valence-corrected chi connectivity index (χ0v) is 12.3. The number of hydrogen-bond acceptors (Lipinski definition) is 1. The van der Waals surface area contributed by atoms with Crippen molar-refractivity contribution in [3.05, 3.63) is 95.6 Å². The molecule has 2 N–H and O–H groups in total. The summed E-state index contributed by atoms with van der Waals surface area (Å²) >= 11 is 0. The lowest BCUT2D eigenvalue weighted by molar-refractivity contribution is 0.0941. The predicted molar refractivity (Wildman–Crippen MR) is 89.7 cm³/mol. The number of Topliss-reactive ketones (excluding diaryl/α,β-unsaturated/α-hetero) is 1. The van der Waals surface area contributed by atoms with Crippen molar-refractivity contribution in [3.8, 4) is 0 Å². The molecule has 110 valence electrons. The van der Waals surface area contributed by atoms with E-state index in [2.05, 4.69) is 28.2 Å². The van der Waals surface area contributed by atoms with E-state index in [0.717, 1.165) is 33.3 Å². The first kappa shape index (κ1) is 12.5. The number of carbonyl (C=O) groups is 1. The predicted octanol–water partition coefficient (Wildman–Crippen LogP) is 4.03. The summed E-state index contributed by atoms with van der Waals surface area (Å²) in [4.78, 5) is 20.1. The van der Waals surface area contributed by atoms with Crippen LogP contribution in [0.1, 0.15) is 27.3 Å². The minimum Gasteiger partial charge on any atom is -0.364 e. The summed E-state index contributed by atoms with van der Waals surface area (Å²) in [5, 5.41) is 2.16. The number of benzene rings is 2. The SMILES string of the molecule is O=C1c2cccc3cccc(c23)C1(c1ccc[nH]1)c1ccc[nH]1. The monoisotopic (exact) mass is 298 g/mol. The third kappa shape index (κ3) is 1.37. The Morgan fingerprint density at radius 1 is 0.739 bits per heavy atom. The fraction of sp³-hybridized carbons (Fsp3) is 0.0500. The van der Waals surface area contributed by atoms with Crippen molar-refractivity contribution in [1.29, 1.82) is 0 Å². The molecular weight excluding hydrogens is 284 g/mol. The van der Waals surface area contributed by atoms with Crippen LogP contribution in [0.2, 0.25) is 0 Å². The number of H-pyrrole nitrogens is 2. The summed E-state index contributed by atoms with van der Waals surface area (Å²) in [6, 6.07) is 20.0. The van der Waals surface area contributed by atoms with Gasteiger partial charge < -0.3 is 9.97 Å². The minimum absolute atomic E-state index is 0.120. The summed E-state index contributed by atoms with van der Waals surface area (Å²) in [5.41, 5.74) is 2.81. The summed E-state index contributed by atoms with van der Waals surface area (Å²) in [6.45, 7) is 0. The molecule has 23 heavy (non-hydrogen) atoms. The molecule has 2 aromatic heterocycles. The third-order valence-electron chi connectivity index (χ3n) is 4.90. The molecule has 5 rings (SSSR count). The van der Waals surface area contributed by atoms with Gasteiger partial charge in [0.05, 0.1) is 0 Å². The lowest BCUT2D eigenvalue weighted by Crippen LogP contribution is -2.35. The molecule has 0 unspecified atom stereocenters. The van der Waals surface area contributed by atoms with E-state index in [1.54, 1.807) is 0 Å². The fourth-order valence-electron chi connectivity index (χ4n) is 3.97. The number of ketones is 1. The Morgan fingerprint density at radius 2 is 1.39 bits per heavy atom. The van der Waals surface area contributed by atoms with Gasteiger partial charge in [0.2, 0.25) is 0 Å². The number of rotatable bonds is 2. The van der Waals surface area contributed by atoms with Crippen LogP contribution < -0.4 is 0 Å². The average Bonchev–Trinajstić information content (AvgIpc) is 3.31. The molecule has 1 aliphatic rings. The minimum atomic E-state index is -0.823. The quantitative estimate of drug-likeness (QED) is 0.577. The highest BCUT2D eigenvalue weighted by Crippen LogP contribution is 2.49. The van der Waals surface area contributed by atoms with Crippen molar-refractivity contribution in [1.82, 2.24) is 9.97 Å². The standard InChI is InChI=1S/C20H14N2O/c23-19-14-7-1-5-13-6-2-8-15(18(13)14)20(19,16-9-3-11-21-16)17-10-4-12-22-17/h1-12,21-22H. The maximum atomic E-state index is 13.6. The molecule has 3 heteroatoms. The van der Waals surface area contributed by atoms with Crippen LogP contribution in [0.5, 0.6) is 0 Å². The second kappa shape index (κ2) is 4.23. The summed E-state index contributed by atoms with van der Waals surface area (Å²) < 4.78 is 0. The number of nitrogens with one attached hydrogen (secondary N) is 2. The van der Waals surface area contributed by atoms with Gasteiger partial charge in [0, 0.05) is 29.3 Å². The Morgan fingerprint density at radius 3 is 2.00 bits per heavy atom. The van der Waals surface area contributed by atoms with Crippen molar-refractivity contribution in [2.45, 2.75) is 5.41 Å². The summed E-state index contributed by atoms with van der Waals surface area (Å²) in [5.74, 6) is 0.120. The molecule has 0 amide bonds. The van der Waals surface area contributed by atoms with Crippen LogP contribution in [0.25, 0.3) is 10.8 Å². The Hall–Kier alpha value is -3.07. The Bertz CT molecular complexity index is 987. The molecule has 0 fully saturated rings. The highest BCUT2D eigenvalue weighted by atomic mass is 16.1. The topological polar surface area (TPSA) is 48.6 Å². The molecule has 0 radical (unpaired) electrons. The molecule has 3 nitrogen and oxygen atoms in total. The molecule has 1 aliphatic carbocycles. The van der Waals surface area contributed by atoms with Gasteiger partial charge in [0.15, 0.2) is 5.78 Å². The van der Waals surface area contributed by atoms with Gasteiger partial charge in [-0.25, -0.2) is 0 Å². The van der Waals surface area contributed by atoms with Crippen LogP contribution in [-0.2, 0) is 5.41 Å². The van der Waals surface area contributed by atoms with Crippen molar-refractivity contribution >= 4 is 16.6 Å². The number of carbonyl (C=O) groups excluding carboxylic acids is 1. The fourth-order valence-corrected chi connectivity index (χ4v) is 3.97. The third-order valence-corrected chi connectivity index (χ3v) is 4.90. The molecule has 0 spiro atoms. The second-order valence-electron chi connectivity index (χ2n) is 5.96. The van der Waals surface area contributed by atoms with Gasteiger partial charge >= 0.3 is 0 Å². The zero-order chi connectivity index (χ0) is 15.4. The lowest BCUT2D eigenvalue weighted by atomic mass is 9.74.